The van der Waals surface area contributed by atoms with E-state index in [2.05, 4.69) is 5.32 Å². The number of carbonyl (C=O) groups is 3. The zero-order valence-corrected chi connectivity index (χ0v) is 12.7. The Morgan fingerprint density at radius 3 is 1.96 bits per heavy atom. The lowest BCUT2D eigenvalue weighted by Crippen LogP contribution is -2.22. The van der Waals surface area contributed by atoms with Gasteiger partial charge in [-0.1, -0.05) is 6.07 Å². The second-order valence-corrected chi connectivity index (χ2v) is 5.00. The molecule has 2 aromatic carbocycles. The number of benzene rings is 2. The number of anilines is 2. The second-order valence-electron chi connectivity index (χ2n) is 5.00. The first-order valence-corrected chi connectivity index (χ1v) is 7.01. The van der Waals surface area contributed by atoms with Gasteiger partial charge < -0.3 is 10.6 Å². The number of ketones is 1. The third-order valence-electron chi connectivity index (χ3n) is 3.12. The van der Waals surface area contributed by atoms with Gasteiger partial charge in [0.1, 0.15) is 23.7 Å². The lowest BCUT2D eigenvalue weighted by Gasteiger charge is -2.08. The van der Waals surface area contributed by atoms with Crippen molar-refractivity contribution in [1.29, 1.82) is 0 Å². The standard InChI is InChI=1S/C17H14F2N2O3/c1-10(22)11-5-7-12(8-6-11)20-15(23)9-16(24)21-17-13(18)3-2-4-14(17)19/h2-8H,9H2,1H3,(H,20,23)(H,21,24). The van der Waals surface area contributed by atoms with Crippen LogP contribution in [0.1, 0.15) is 23.7 Å². The van der Waals surface area contributed by atoms with Gasteiger partial charge in [0.05, 0.1) is 0 Å². The van der Waals surface area contributed by atoms with Gasteiger partial charge in [-0.15, -0.1) is 0 Å². The van der Waals surface area contributed by atoms with Crippen molar-refractivity contribution in [3.63, 3.8) is 0 Å². The average Bonchev–Trinajstić information content (AvgIpc) is 2.51. The maximum atomic E-state index is 13.4. The summed E-state index contributed by atoms with van der Waals surface area (Å²) in [6.45, 7) is 1.42. The van der Waals surface area contributed by atoms with E-state index in [1.165, 1.54) is 31.2 Å². The third-order valence-corrected chi connectivity index (χ3v) is 3.12. The summed E-state index contributed by atoms with van der Waals surface area (Å²) >= 11 is 0. The van der Waals surface area contributed by atoms with Crippen LogP contribution in [-0.2, 0) is 9.59 Å². The summed E-state index contributed by atoms with van der Waals surface area (Å²) in [5.41, 5.74) is 0.289. The molecule has 0 radical (unpaired) electrons. The molecule has 0 saturated heterocycles. The van der Waals surface area contributed by atoms with E-state index in [9.17, 15) is 23.2 Å². The minimum Gasteiger partial charge on any atom is -0.326 e. The van der Waals surface area contributed by atoms with Crippen molar-refractivity contribution in [2.75, 3.05) is 10.6 Å². The maximum absolute atomic E-state index is 13.4. The Bertz CT molecular complexity index is 769. The Morgan fingerprint density at radius 2 is 1.42 bits per heavy atom. The fourth-order valence-corrected chi connectivity index (χ4v) is 1.94. The molecule has 0 aromatic heterocycles. The molecule has 2 amide bonds. The van der Waals surface area contributed by atoms with E-state index in [1.807, 2.05) is 5.32 Å². The SMILES string of the molecule is CC(=O)c1ccc(NC(=O)CC(=O)Nc2c(F)cccc2F)cc1. The van der Waals surface area contributed by atoms with E-state index in [-0.39, 0.29) is 5.78 Å². The molecule has 5 nitrogen and oxygen atoms in total. The minimum atomic E-state index is -0.927. The van der Waals surface area contributed by atoms with Crippen LogP contribution in [0.2, 0.25) is 0 Å². The smallest absolute Gasteiger partial charge is 0.233 e. The molecule has 0 bridgehead atoms. The Balaban J connectivity index is 1.94. The molecule has 124 valence electrons. The number of hydrogen-bond donors (Lipinski definition) is 2. The summed E-state index contributed by atoms with van der Waals surface area (Å²) < 4.78 is 26.8. The van der Waals surface area contributed by atoms with Crippen molar-refractivity contribution in [3.05, 3.63) is 59.7 Å². The number of para-hydroxylation sites is 1. The van der Waals surface area contributed by atoms with Crippen LogP contribution in [0.4, 0.5) is 20.2 Å². The Morgan fingerprint density at radius 1 is 0.875 bits per heavy atom. The first-order chi connectivity index (χ1) is 11.4. The normalized spacial score (nSPS) is 10.1. The van der Waals surface area contributed by atoms with Crippen molar-refractivity contribution in [2.24, 2.45) is 0 Å². The summed E-state index contributed by atoms with van der Waals surface area (Å²) in [6, 6.07) is 9.26. The number of Topliss-reactive ketones (excluding diaryl/α,β-unsaturated/α-hetero) is 1. The molecule has 0 fully saturated rings. The molecular weight excluding hydrogens is 318 g/mol. The van der Waals surface area contributed by atoms with Crippen LogP contribution in [0.3, 0.4) is 0 Å². The van der Waals surface area contributed by atoms with E-state index in [0.29, 0.717) is 11.3 Å². The first kappa shape index (κ1) is 17.3. The highest BCUT2D eigenvalue weighted by molar-refractivity contribution is 6.08. The van der Waals surface area contributed by atoms with Crippen LogP contribution in [0.5, 0.6) is 0 Å². The molecule has 0 atom stereocenters. The number of halogens is 2. The monoisotopic (exact) mass is 332 g/mol. The lowest BCUT2D eigenvalue weighted by molar-refractivity contribution is -0.123. The number of rotatable bonds is 5. The second kappa shape index (κ2) is 7.45. The number of carbonyl (C=O) groups excluding carboxylic acids is 3. The summed E-state index contributed by atoms with van der Waals surface area (Å²) in [5, 5.41) is 4.48. The van der Waals surface area contributed by atoms with Gasteiger partial charge in [-0.3, -0.25) is 14.4 Å². The van der Waals surface area contributed by atoms with Gasteiger partial charge in [-0.05, 0) is 43.3 Å². The molecule has 2 N–H and O–H groups in total. The zero-order chi connectivity index (χ0) is 17.7. The number of nitrogens with one attached hydrogen (secondary N) is 2. The van der Waals surface area contributed by atoms with E-state index in [4.69, 9.17) is 0 Å². The zero-order valence-electron chi connectivity index (χ0n) is 12.7. The summed E-state index contributed by atoms with van der Waals surface area (Å²) in [4.78, 5) is 34.6. The lowest BCUT2D eigenvalue weighted by atomic mass is 10.1. The van der Waals surface area contributed by atoms with Crippen molar-refractivity contribution in [2.45, 2.75) is 13.3 Å². The van der Waals surface area contributed by atoms with Gasteiger partial charge in [-0.2, -0.15) is 0 Å². The van der Waals surface area contributed by atoms with Crippen molar-refractivity contribution in [1.82, 2.24) is 0 Å². The Labute approximate surface area is 136 Å². The van der Waals surface area contributed by atoms with Gasteiger partial charge >= 0.3 is 0 Å². The molecule has 24 heavy (non-hydrogen) atoms. The number of amides is 2. The first-order valence-electron chi connectivity index (χ1n) is 7.01. The topological polar surface area (TPSA) is 75.3 Å². The predicted octanol–water partition coefficient (Wildman–Crippen LogP) is 3.13. The Hall–Kier alpha value is -3.09. The van der Waals surface area contributed by atoms with Crippen LogP contribution in [0.25, 0.3) is 0 Å². The van der Waals surface area contributed by atoms with Crippen molar-refractivity contribution in [3.8, 4) is 0 Å². The highest BCUT2D eigenvalue weighted by atomic mass is 19.1. The minimum absolute atomic E-state index is 0.112. The van der Waals surface area contributed by atoms with Gasteiger partial charge in [0.2, 0.25) is 11.8 Å². The van der Waals surface area contributed by atoms with Gasteiger partial charge in [-0.25, -0.2) is 8.78 Å². The molecule has 0 aliphatic rings. The molecule has 0 heterocycles. The quantitative estimate of drug-likeness (QED) is 0.652. The molecule has 2 rings (SSSR count). The summed E-state index contributed by atoms with van der Waals surface area (Å²) in [7, 11) is 0. The van der Waals surface area contributed by atoms with Crippen LogP contribution in [0, 0.1) is 11.6 Å². The highest BCUT2D eigenvalue weighted by Gasteiger charge is 2.15. The largest absolute Gasteiger partial charge is 0.326 e. The third kappa shape index (κ3) is 4.45. The molecule has 0 aliphatic carbocycles. The van der Waals surface area contributed by atoms with Gasteiger partial charge in [0.25, 0.3) is 0 Å². The summed E-state index contributed by atoms with van der Waals surface area (Å²) in [5.74, 6) is -3.47. The average molecular weight is 332 g/mol. The van der Waals surface area contributed by atoms with E-state index >= 15 is 0 Å². The number of hydrogen-bond acceptors (Lipinski definition) is 3. The molecule has 0 saturated carbocycles. The molecule has 7 heteroatoms. The van der Waals surface area contributed by atoms with E-state index < -0.39 is 35.6 Å². The fraction of sp³-hybridized carbons (Fsp3) is 0.118. The Kier molecular flexibility index (Phi) is 5.36. The van der Waals surface area contributed by atoms with Crippen LogP contribution >= 0.6 is 0 Å². The van der Waals surface area contributed by atoms with Gasteiger partial charge in [0, 0.05) is 11.3 Å². The van der Waals surface area contributed by atoms with Crippen LogP contribution < -0.4 is 10.6 Å². The van der Waals surface area contributed by atoms with Crippen molar-refractivity contribution < 1.29 is 23.2 Å². The van der Waals surface area contributed by atoms with E-state index in [1.54, 1.807) is 0 Å². The molecule has 0 spiro atoms. The molecular formula is C17H14F2N2O3. The summed E-state index contributed by atoms with van der Waals surface area (Å²) in [6.07, 6.45) is -0.609. The van der Waals surface area contributed by atoms with Crippen molar-refractivity contribution >= 4 is 29.0 Å². The predicted molar refractivity (Wildman–Crippen MR) is 84.7 cm³/mol. The fourth-order valence-electron chi connectivity index (χ4n) is 1.94. The van der Waals surface area contributed by atoms with Gasteiger partial charge in [0.15, 0.2) is 5.78 Å². The molecule has 2 aromatic rings. The molecule has 0 aliphatic heterocycles. The van der Waals surface area contributed by atoms with Crippen LogP contribution in [0.15, 0.2) is 42.5 Å². The van der Waals surface area contributed by atoms with Crippen LogP contribution in [-0.4, -0.2) is 17.6 Å². The highest BCUT2D eigenvalue weighted by Crippen LogP contribution is 2.18. The maximum Gasteiger partial charge on any atom is 0.233 e. The van der Waals surface area contributed by atoms with E-state index in [0.717, 1.165) is 18.2 Å². The molecule has 0 unspecified atom stereocenters.